The number of nitrogens with zero attached hydrogens (tertiary/aromatic N) is 4. The summed E-state index contributed by atoms with van der Waals surface area (Å²) in [5, 5.41) is 14.3. The molecule has 0 radical (unpaired) electrons. The fourth-order valence-electron chi connectivity index (χ4n) is 3.62. The molecule has 8 heteroatoms. The second-order valence-corrected chi connectivity index (χ2v) is 6.79. The zero-order valence-electron chi connectivity index (χ0n) is 14.2. The summed E-state index contributed by atoms with van der Waals surface area (Å²) < 4.78 is 7.46. The molecule has 4 heterocycles. The lowest BCUT2D eigenvalue weighted by Crippen LogP contribution is -2.40. The summed E-state index contributed by atoms with van der Waals surface area (Å²) in [5.74, 6) is 0.459. The summed E-state index contributed by atoms with van der Waals surface area (Å²) in [6, 6.07) is 1.96. The number of ether oxygens (including phenoxy) is 1. The van der Waals surface area contributed by atoms with Gasteiger partial charge in [0.15, 0.2) is 0 Å². The Bertz CT molecular complexity index is 684. The number of carbonyl (C=O) groups is 1. The first kappa shape index (κ1) is 16.1. The average molecular weight is 344 g/mol. The number of hydrogen-bond acceptors (Lipinski definition) is 4. The van der Waals surface area contributed by atoms with Crippen LogP contribution in [-0.4, -0.2) is 56.7 Å². The normalized spacial score (nSPS) is 21.6. The molecule has 4 rings (SSSR count). The van der Waals surface area contributed by atoms with Crippen molar-refractivity contribution in [1.29, 1.82) is 0 Å². The van der Waals surface area contributed by atoms with Gasteiger partial charge in [0.25, 0.3) is 0 Å². The largest absolute Gasteiger partial charge is 0.376 e. The topological polar surface area (TPSA) is 88.1 Å². The van der Waals surface area contributed by atoms with E-state index in [1.54, 1.807) is 12.4 Å². The zero-order valence-corrected chi connectivity index (χ0v) is 14.2. The van der Waals surface area contributed by atoms with Crippen LogP contribution in [0.5, 0.6) is 0 Å². The number of H-pyrrole nitrogens is 1. The highest BCUT2D eigenvalue weighted by Crippen LogP contribution is 2.26. The second-order valence-electron chi connectivity index (χ2n) is 6.79. The van der Waals surface area contributed by atoms with Crippen LogP contribution in [0.2, 0.25) is 0 Å². The summed E-state index contributed by atoms with van der Waals surface area (Å²) in [6.45, 7) is 3.08. The standard InChI is InChI=1S/C17H24N6O2/c24-17(22-7-4-13(5-8-22)16-3-6-18-21-16)20-14-10-19-23(11-14)12-15-2-1-9-25-15/h3,6,10-11,13,15H,1-2,4-5,7-9,12H2,(H,18,21)(H,20,24). The van der Waals surface area contributed by atoms with E-state index >= 15 is 0 Å². The highest BCUT2D eigenvalue weighted by molar-refractivity contribution is 5.89. The minimum Gasteiger partial charge on any atom is -0.376 e. The van der Waals surface area contributed by atoms with Crippen LogP contribution in [0.15, 0.2) is 24.7 Å². The van der Waals surface area contributed by atoms with Crippen molar-refractivity contribution in [1.82, 2.24) is 24.9 Å². The molecular formula is C17H24N6O2. The lowest BCUT2D eigenvalue weighted by molar-refractivity contribution is 0.0940. The van der Waals surface area contributed by atoms with Crippen LogP contribution >= 0.6 is 0 Å². The Balaban J connectivity index is 1.27. The molecule has 2 aromatic heterocycles. The first-order valence-electron chi connectivity index (χ1n) is 8.97. The van der Waals surface area contributed by atoms with Crippen LogP contribution in [0, 0.1) is 0 Å². The summed E-state index contributed by atoms with van der Waals surface area (Å²) in [6.07, 6.45) is 9.69. The maximum atomic E-state index is 12.4. The maximum Gasteiger partial charge on any atom is 0.321 e. The molecule has 1 atom stereocenters. The molecule has 2 N–H and O–H groups in total. The van der Waals surface area contributed by atoms with E-state index < -0.39 is 0 Å². The van der Waals surface area contributed by atoms with Crippen LogP contribution in [0.1, 0.15) is 37.3 Å². The van der Waals surface area contributed by atoms with E-state index in [-0.39, 0.29) is 12.1 Å². The molecule has 2 aliphatic rings. The Hall–Kier alpha value is -2.35. The van der Waals surface area contributed by atoms with Crippen LogP contribution in [0.3, 0.4) is 0 Å². The van der Waals surface area contributed by atoms with E-state index in [0.717, 1.165) is 63.3 Å². The molecular weight excluding hydrogens is 320 g/mol. The number of aromatic amines is 1. The minimum atomic E-state index is -0.0558. The van der Waals surface area contributed by atoms with E-state index in [4.69, 9.17) is 4.74 Å². The molecule has 2 saturated heterocycles. The Morgan fingerprint density at radius 1 is 1.36 bits per heavy atom. The quantitative estimate of drug-likeness (QED) is 0.890. The van der Waals surface area contributed by atoms with Crippen molar-refractivity contribution in [2.24, 2.45) is 0 Å². The highest BCUT2D eigenvalue weighted by atomic mass is 16.5. The summed E-state index contributed by atoms with van der Waals surface area (Å²) in [7, 11) is 0. The van der Waals surface area contributed by atoms with Crippen LogP contribution in [0.4, 0.5) is 10.5 Å². The van der Waals surface area contributed by atoms with Gasteiger partial charge in [-0.1, -0.05) is 0 Å². The number of piperidine rings is 1. The SMILES string of the molecule is O=C(Nc1cnn(CC2CCCO2)c1)N1CCC(c2ccn[nH]2)CC1. The van der Waals surface area contributed by atoms with Crippen molar-refractivity contribution in [3.8, 4) is 0 Å². The molecule has 1 unspecified atom stereocenters. The highest BCUT2D eigenvalue weighted by Gasteiger charge is 2.25. The fourth-order valence-corrected chi connectivity index (χ4v) is 3.62. The minimum absolute atomic E-state index is 0.0558. The number of nitrogens with one attached hydrogen (secondary N) is 2. The van der Waals surface area contributed by atoms with Gasteiger partial charge in [-0.25, -0.2) is 4.79 Å². The molecule has 2 amide bonds. The molecule has 2 fully saturated rings. The van der Waals surface area contributed by atoms with Gasteiger partial charge >= 0.3 is 6.03 Å². The second kappa shape index (κ2) is 7.26. The monoisotopic (exact) mass is 344 g/mol. The van der Waals surface area contributed by atoms with E-state index in [2.05, 4.69) is 20.6 Å². The van der Waals surface area contributed by atoms with Gasteiger partial charge in [0.2, 0.25) is 0 Å². The van der Waals surface area contributed by atoms with Crippen LogP contribution in [0.25, 0.3) is 0 Å². The van der Waals surface area contributed by atoms with Crippen LogP contribution in [-0.2, 0) is 11.3 Å². The number of likely N-dealkylation sites (tertiary alicyclic amines) is 1. The molecule has 134 valence electrons. The molecule has 2 aliphatic heterocycles. The third kappa shape index (κ3) is 3.84. The van der Waals surface area contributed by atoms with Crippen molar-refractivity contribution in [3.05, 3.63) is 30.4 Å². The van der Waals surface area contributed by atoms with E-state index in [1.165, 1.54) is 0 Å². The van der Waals surface area contributed by atoms with Gasteiger partial charge in [-0.05, 0) is 31.7 Å². The van der Waals surface area contributed by atoms with Crippen molar-refractivity contribution >= 4 is 11.7 Å². The number of hydrogen-bond donors (Lipinski definition) is 2. The van der Waals surface area contributed by atoms with E-state index in [1.807, 2.05) is 21.8 Å². The Labute approximate surface area is 146 Å². The fraction of sp³-hybridized carbons (Fsp3) is 0.588. The first-order valence-corrected chi connectivity index (χ1v) is 8.97. The maximum absolute atomic E-state index is 12.4. The summed E-state index contributed by atoms with van der Waals surface area (Å²) in [5.41, 5.74) is 1.90. The molecule has 0 bridgehead atoms. The first-order chi connectivity index (χ1) is 12.3. The van der Waals surface area contributed by atoms with Crippen molar-refractivity contribution in [2.75, 3.05) is 25.0 Å². The third-order valence-corrected chi connectivity index (χ3v) is 5.04. The van der Waals surface area contributed by atoms with Gasteiger partial charge < -0.3 is 15.0 Å². The van der Waals surface area contributed by atoms with Gasteiger partial charge in [0, 0.05) is 43.7 Å². The summed E-state index contributed by atoms with van der Waals surface area (Å²) in [4.78, 5) is 14.3. The van der Waals surface area contributed by atoms with Crippen LogP contribution < -0.4 is 5.32 Å². The predicted molar refractivity (Wildman–Crippen MR) is 92.4 cm³/mol. The number of rotatable bonds is 4. The van der Waals surface area contributed by atoms with E-state index in [9.17, 15) is 4.79 Å². The number of carbonyl (C=O) groups excluding carboxylic acids is 1. The van der Waals surface area contributed by atoms with Crippen molar-refractivity contribution < 1.29 is 9.53 Å². The number of anilines is 1. The lowest BCUT2D eigenvalue weighted by atomic mass is 9.94. The van der Waals surface area contributed by atoms with Crippen molar-refractivity contribution in [3.63, 3.8) is 0 Å². The molecule has 0 aliphatic carbocycles. The van der Waals surface area contributed by atoms with E-state index in [0.29, 0.717) is 5.92 Å². The number of aromatic nitrogens is 4. The molecule has 25 heavy (non-hydrogen) atoms. The van der Waals surface area contributed by atoms with Gasteiger partial charge in [-0.3, -0.25) is 9.78 Å². The van der Waals surface area contributed by atoms with Crippen molar-refractivity contribution in [2.45, 2.75) is 44.2 Å². The van der Waals surface area contributed by atoms with Gasteiger partial charge in [0.1, 0.15) is 0 Å². The summed E-state index contributed by atoms with van der Waals surface area (Å²) >= 11 is 0. The zero-order chi connectivity index (χ0) is 17.1. The molecule has 0 aromatic carbocycles. The Morgan fingerprint density at radius 3 is 2.96 bits per heavy atom. The Morgan fingerprint density at radius 2 is 2.24 bits per heavy atom. The lowest BCUT2D eigenvalue weighted by Gasteiger charge is -2.31. The van der Waals surface area contributed by atoms with Gasteiger partial charge in [-0.15, -0.1) is 0 Å². The predicted octanol–water partition coefficient (Wildman–Crippen LogP) is 2.20. The number of urea groups is 1. The Kier molecular flexibility index (Phi) is 4.69. The smallest absolute Gasteiger partial charge is 0.321 e. The molecule has 8 nitrogen and oxygen atoms in total. The molecule has 2 aromatic rings. The number of amides is 2. The van der Waals surface area contributed by atoms with Gasteiger partial charge in [0.05, 0.1) is 24.5 Å². The molecule has 0 saturated carbocycles. The average Bonchev–Trinajstić information content (AvgIpc) is 3.38. The molecule has 0 spiro atoms. The third-order valence-electron chi connectivity index (χ3n) is 5.04. The van der Waals surface area contributed by atoms with Gasteiger partial charge in [-0.2, -0.15) is 10.2 Å².